The van der Waals surface area contributed by atoms with E-state index in [4.69, 9.17) is 5.73 Å². The van der Waals surface area contributed by atoms with Gasteiger partial charge in [-0.15, -0.1) is 10.2 Å². The van der Waals surface area contributed by atoms with E-state index < -0.39 is 0 Å². The molecule has 0 aliphatic carbocycles. The molecule has 2 rings (SSSR count). The highest BCUT2D eigenvalue weighted by molar-refractivity contribution is 5.34. The van der Waals surface area contributed by atoms with Crippen LogP contribution in [-0.2, 0) is 0 Å². The summed E-state index contributed by atoms with van der Waals surface area (Å²) in [5.41, 5.74) is 6.52. The van der Waals surface area contributed by atoms with E-state index in [0.29, 0.717) is 6.54 Å². The van der Waals surface area contributed by atoms with Gasteiger partial charge in [-0.2, -0.15) is 0 Å². The van der Waals surface area contributed by atoms with E-state index in [-0.39, 0.29) is 5.92 Å². The molecule has 2 N–H and O–H groups in total. The van der Waals surface area contributed by atoms with Crippen LogP contribution in [0.25, 0.3) is 5.65 Å². The summed E-state index contributed by atoms with van der Waals surface area (Å²) in [4.78, 5) is 4.00. The van der Waals surface area contributed by atoms with Crippen molar-refractivity contribution in [2.75, 3.05) is 6.54 Å². The summed E-state index contributed by atoms with van der Waals surface area (Å²) in [5.74, 6) is 1.23. The lowest BCUT2D eigenvalue weighted by Crippen LogP contribution is -2.15. The lowest BCUT2D eigenvalue weighted by Gasteiger charge is -2.10. The molecule has 2 heterocycles. The summed E-state index contributed by atoms with van der Waals surface area (Å²) >= 11 is 0. The molecule has 15 heavy (non-hydrogen) atoms. The second kappa shape index (κ2) is 4.35. The van der Waals surface area contributed by atoms with Crippen LogP contribution in [0.2, 0.25) is 0 Å². The van der Waals surface area contributed by atoms with Gasteiger partial charge in [-0.05, 0) is 6.42 Å². The second-order valence-corrected chi connectivity index (χ2v) is 3.58. The topological polar surface area (TPSA) is 69.1 Å². The van der Waals surface area contributed by atoms with Crippen molar-refractivity contribution in [3.05, 3.63) is 24.4 Å². The third kappa shape index (κ3) is 1.83. The van der Waals surface area contributed by atoms with Crippen LogP contribution >= 0.6 is 0 Å². The largest absolute Gasteiger partial charge is 0.330 e. The molecule has 0 spiro atoms. The van der Waals surface area contributed by atoms with Crippen LogP contribution in [-0.4, -0.2) is 26.1 Å². The van der Waals surface area contributed by atoms with E-state index >= 15 is 0 Å². The number of hydrogen-bond acceptors (Lipinski definition) is 4. The smallest absolute Gasteiger partial charge is 0.179 e. The van der Waals surface area contributed by atoms with E-state index in [0.717, 1.165) is 24.3 Å². The van der Waals surface area contributed by atoms with Crippen molar-refractivity contribution >= 4 is 5.65 Å². The normalized spacial score (nSPS) is 13.2. The quantitative estimate of drug-likeness (QED) is 0.807. The minimum atomic E-state index is 0.285. The lowest BCUT2D eigenvalue weighted by atomic mass is 10.0. The monoisotopic (exact) mass is 205 g/mol. The summed E-state index contributed by atoms with van der Waals surface area (Å²) < 4.78 is 1.96. The van der Waals surface area contributed by atoms with Crippen LogP contribution in [0.15, 0.2) is 18.6 Å². The molecule has 1 atom stereocenters. The summed E-state index contributed by atoms with van der Waals surface area (Å²) in [7, 11) is 0. The summed E-state index contributed by atoms with van der Waals surface area (Å²) in [6.45, 7) is 2.75. The average Bonchev–Trinajstić information content (AvgIpc) is 2.70. The number of nitrogens with zero attached hydrogens (tertiary/aromatic N) is 4. The van der Waals surface area contributed by atoms with Crippen molar-refractivity contribution in [1.82, 2.24) is 19.6 Å². The van der Waals surface area contributed by atoms with Gasteiger partial charge < -0.3 is 5.73 Å². The predicted molar refractivity (Wildman–Crippen MR) is 57.5 cm³/mol. The van der Waals surface area contributed by atoms with Gasteiger partial charge in [-0.1, -0.05) is 13.3 Å². The Kier molecular flexibility index (Phi) is 2.91. The Bertz CT molecular complexity index is 436. The SMILES string of the molecule is CCCC(CN)c1nnc2cnccn12. The van der Waals surface area contributed by atoms with Crippen LogP contribution < -0.4 is 5.73 Å². The fourth-order valence-electron chi connectivity index (χ4n) is 1.75. The summed E-state index contributed by atoms with van der Waals surface area (Å²) in [5, 5.41) is 8.24. The van der Waals surface area contributed by atoms with E-state index in [1.54, 1.807) is 12.4 Å². The zero-order chi connectivity index (χ0) is 10.7. The van der Waals surface area contributed by atoms with Gasteiger partial charge in [0.25, 0.3) is 0 Å². The van der Waals surface area contributed by atoms with Crippen molar-refractivity contribution in [1.29, 1.82) is 0 Å². The molecule has 0 saturated carbocycles. The standard InChI is InChI=1S/C10H15N5/c1-2-3-8(6-11)10-14-13-9-7-12-4-5-15(9)10/h4-5,7-8H,2-3,6,11H2,1H3. The molecular weight excluding hydrogens is 190 g/mol. The first-order chi connectivity index (χ1) is 7.36. The first-order valence-electron chi connectivity index (χ1n) is 5.21. The fourth-order valence-corrected chi connectivity index (χ4v) is 1.75. The molecule has 0 bridgehead atoms. The van der Waals surface area contributed by atoms with Crippen LogP contribution in [0.1, 0.15) is 31.5 Å². The number of hydrogen-bond donors (Lipinski definition) is 1. The van der Waals surface area contributed by atoms with Gasteiger partial charge in [0.05, 0.1) is 6.20 Å². The van der Waals surface area contributed by atoms with Gasteiger partial charge in [0, 0.05) is 24.9 Å². The van der Waals surface area contributed by atoms with Crippen molar-refractivity contribution in [3.63, 3.8) is 0 Å². The van der Waals surface area contributed by atoms with E-state index in [2.05, 4.69) is 22.1 Å². The molecular formula is C10H15N5. The number of nitrogens with two attached hydrogens (primary N) is 1. The molecule has 0 aliphatic heterocycles. The maximum Gasteiger partial charge on any atom is 0.179 e. The maximum atomic E-state index is 5.74. The highest BCUT2D eigenvalue weighted by Crippen LogP contribution is 2.18. The van der Waals surface area contributed by atoms with Crippen LogP contribution in [0, 0.1) is 0 Å². The predicted octanol–water partition coefficient (Wildman–Crippen LogP) is 0.967. The van der Waals surface area contributed by atoms with Crippen molar-refractivity contribution in [2.45, 2.75) is 25.7 Å². The van der Waals surface area contributed by atoms with Crippen LogP contribution in [0.3, 0.4) is 0 Å². The number of fused-ring (bicyclic) bond motifs is 1. The van der Waals surface area contributed by atoms with Crippen molar-refractivity contribution in [3.8, 4) is 0 Å². The zero-order valence-electron chi connectivity index (χ0n) is 8.80. The summed E-state index contributed by atoms with van der Waals surface area (Å²) in [6.07, 6.45) is 7.46. The molecule has 0 saturated heterocycles. The highest BCUT2D eigenvalue weighted by atomic mass is 15.3. The molecule has 0 aromatic carbocycles. The van der Waals surface area contributed by atoms with Gasteiger partial charge in [0.2, 0.25) is 0 Å². The van der Waals surface area contributed by atoms with Crippen molar-refractivity contribution in [2.24, 2.45) is 5.73 Å². The van der Waals surface area contributed by atoms with E-state index in [9.17, 15) is 0 Å². The molecule has 0 aliphatic rings. The molecule has 2 aromatic rings. The molecule has 2 aromatic heterocycles. The first-order valence-corrected chi connectivity index (χ1v) is 5.21. The Morgan fingerprint density at radius 1 is 1.47 bits per heavy atom. The van der Waals surface area contributed by atoms with E-state index in [1.807, 2.05) is 10.6 Å². The third-order valence-corrected chi connectivity index (χ3v) is 2.53. The average molecular weight is 205 g/mol. The van der Waals surface area contributed by atoms with Gasteiger partial charge >= 0.3 is 0 Å². The molecule has 5 nitrogen and oxygen atoms in total. The maximum absolute atomic E-state index is 5.74. The Labute approximate surface area is 88.3 Å². The van der Waals surface area contributed by atoms with Crippen molar-refractivity contribution < 1.29 is 0 Å². The summed E-state index contributed by atoms with van der Waals surface area (Å²) in [6, 6.07) is 0. The molecule has 0 fully saturated rings. The molecule has 5 heteroatoms. The Balaban J connectivity index is 2.41. The van der Waals surface area contributed by atoms with Crippen LogP contribution in [0.5, 0.6) is 0 Å². The minimum absolute atomic E-state index is 0.285. The second-order valence-electron chi connectivity index (χ2n) is 3.58. The van der Waals surface area contributed by atoms with Gasteiger partial charge in [0.15, 0.2) is 5.65 Å². The Hall–Kier alpha value is -1.49. The molecule has 0 amide bonds. The van der Waals surface area contributed by atoms with Gasteiger partial charge in [-0.25, -0.2) is 0 Å². The Morgan fingerprint density at radius 3 is 3.07 bits per heavy atom. The zero-order valence-corrected chi connectivity index (χ0v) is 8.80. The molecule has 0 radical (unpaired) electrons. The first kappa shape index (κ1) is 10.0. The van der Waals surface area contributed by atoms with Crippen LogP contribution in [0.4, 0.5) is 0 Å². The van der Waals surface area contributed by atoms with Gasteiger partial charge in [0.1, 0.15) is 5.82 Å². The Morgan fingerprint density at radius 2 is 2.33 bits per heavy atom. The minimum Gasteiger partial charge on any atom is -0.330 e. The number of rotatable bonds is 4. The lowest BCUT2D eigenvalue weighted by molar-refractivity contribution is 0.583. The highest BCUT2D eigenvalue weighted by Gasteiger charge is 2.15. The third-order valence-electron chi connectivity index (χ3n) is 2.53. The molecule has 1 unspecified atom stereocenters. The number of aromatic nitrogens is 4. The van der Waals surface area contributed by atoms with Gasteiger partial charge in [-0.3, -0.25) is 9.38 Å². The molecule has 80 valence electrons. The fraction of sp³-hybridized carbons (Fsp3) is 0.500. The van der Waals surface area contributed by atoms with E-state index in [1.165, 1.54) is 0 Å².